The van der Waals surface area contributed by atoms with Crippen molar-refractivity contribution in [2.45, 2.75) is 57.7 Å². The molecule has 0 radical (unpaired) electrons. The van der Waals surface area contributed by atoms with Crippen LogP contribution < -0.4 is 5.32 Å². The molecule has 1 aliphatic heterocycles. The number of nitrogens with one attached hydrogen (secondary N) is 1. The number of rotatable bonds is 9. The highest BCUT2D eigenvalue weighted by Gasteiger charge is 2.32. The maximum Gasteiger partial charge on any atom is 0.416 e. The normalized spacial score (nSPS) is 16.1. The van der Waals surface area contributed by atoms with Crippen molar-refractivity contribution in [1.82, 2.24) is 10.2 Å². The Hall–Kier alpha value is -1.07. The van der Waals surface area contributed by atoms with E-state index in [1.165, 1.54) is 12.1 Å². The van der Waals surface area contributed by atoms with Gasteiger partial charge in [0.15, 0.2) is 5.96 Å². The summed E-state index contributed by atoms with van der Waals surface area (Å²) in [6.45, 7) is 10.1. The number of hydrogen-bond donors (Lipinski definition) is 1. The van der Waals surface area contributed by atoms with Crippen molar-refractivity contribution in [1.29, 1.82) is 0 Å². The summed E-state index contributed by atoms with van der Waals surface area (Å²) in [7, 11) is 1.69. The first-order valence-corrected chi connectivity index (χ1v) is 11.0. The largest absolute Gasteiger partial charge is 0.416 e. The number of piperidine rings is 1. The highest BCUT2D eigenvalue weighted by atomic mass is 127. The molecule has 1 saturated heterocycles. The number of methoxy groups -OCH3 is 1. The van der Waals surface area contributed by atoms with E-state index in [1.54, 1.807) is 13.2 Å². The average molecular weight is 571 g/mol. The van der Waals surface area contributed by atoms with Gasteiger partial charge in [0.25, 0.3) is 0 Å². The van der Waals surface area contributed by atoms with Gasteiger partial charge in [0.05, 0.1) is 18.2 Å². The Morgan fingerprint density at radius 1 is 1.16 bits per heavy atom. The number of hydrogen-bond acceptors (Lipinski definition) is 3. The maximum atomic E-state index is 13.1. The molecule has 1 N–H and O–H groups in total. The van der Waals surface area contributed by atoms with Gasteiger partial charge < -0.3 is 19.7 Å². The smallest absolute Gasteiger partial charge is 0.385 e. The second-order valence-electron chi connectivity index (χ2n) is 8.54. The first-order chi connectivity index (χ1) is 14.7. The van der Waals surface area contributed by atoms with Crippen LogP contribution in [0.1, 0.15) is 51.2 Å². The van der Waals surface area contributed by atoms with Crippen LogP contribution in [0, 0.1) is 0 Å². The van der Waals surface area contributed by atoms with Gasteiger partial charge in [0.2, 0.25) is 0 Å². The van der Waals surface area contributed by atoms with Crippen LogP contribution in [0.25, 0.3) is 0 Å². The van der Waals surface area contributed by atoms with Crippen LogP contribution in [0.5, 0.6) is 0 Å². The summed E-state index contributed by atoms with van der Waals surface area (Å²) in [5.41, 5.74) is -0.517. The van der Waals surface area contributed by atoms with E-state index in [0.717, 1.165) is 50.9 Å². The number of benzene rings is 1. The molecule has 1 aliphatic rings. The average Bonchev–Trinajstić information content (AvgIpc) is 2.74. The predicted octanol–water partition coefficient (Wildman–Crippen LogP) is 5.08. The van der Waals surface area contributed by atoms with Crippen molar-refractivity contribution in [3.8, 4) is 0 Å². The molecule has 0 spiro atoms. The Morgan fingerprint density at radius 3 is 2.41 bits per heavy atom. The molecule has 0 bridgehead atoms. The van der Waals surface area contributed by atoms with Crippen molar-refractivity contribution in [3.05, 3.63) is 35.4 Å². The van der Waals surface area contributed by atoms with Gasteiger partial charge in [-0.25, -0.2) is 0 Å². The lowest BCUT2D eigenvalue weighted by atomic mass is 9.84. The highest BCUT2D eigenvalue weighted by molar-refractivity contribution is 14.0. The van der Waals surface area contributed by atoms with E-state index in [-0.39, 0.29) is 30.1 Å². The van der Waals surface area contributed by atoms with Gasteiger partial charge in [-0.2, -0.15) is 13.2 Å². The first kappa shape index (κ1) is 29.0. The number of nitrogens with zero attached hydrogens (tertiary/aromatic N) is 2. The Morgan fingerprint density at radius 2 is 1.81 bits per heavy atom. The molecule has 0 amide bonds. The predicted molar refractivity (Wildman–Crippen MR) is 133 cm³/mol. The van der Waals surface area contributed by atoms with E-state index in [4.69, 9.17) is 14.5 Å². The lowest BCUT2D eigenvalue weighted by molar-refractivity contribution is -0.137. The molecule has 5 nitrogen and oxygen atoms in total. The van der Waals surface area contributed by atoms with Gasteiger partial charge in [-0.15, -0.1) is 24.0 Å². The summed E-state index contributed by atoms with van der Waals surface area (Å²) in [5.74, 6) is 0.806. The number of likely N-dealkylation sites (tertiary alicyclic amines) is 1. The molecule has 0 unspecified atom stereocenters. The van der Waals surface area contributed by atoms with Gasteiger partial charge in [0.1, 0.15) is 0 Å². The lowest BCUT2D eigenvalue weighted by Crippen LogP contribution is -2.47. The Bertz CT molecular complexity index is 706. The Labute approximate surface area is 207 Å². The fourth-order valence-corrected chi connectivity index (χ4v) is 3.59. The molecule has 184 valence electrons. The fraction of sp³-hybridized carbons (Fsp3) is 0.696. The number of halogens is 4. The minimum Gasteiger partial charge on any atom is -0.385 e. The Kier molecular flexibility index (Phi) is 12.3. The highest BCUT2D eigenvalue weighted by Crippen LogP contribution is 2.33. The summed E-state index contributed by atoms with van der Waals surface area (Å²) in [6, 6.07) is 5.54. The maximum absolute atomic E-state index is 13.1. The molecule has 0 aromatic heterocycles. The molecule has 1 aromatic rings. The summed E-state index contributed by atoms with van der Waals surface area (Å²) >= 11 is 0. The number of ether oxygens (including phenoxy) is 2. The summed E-state index contributed by atoms with van der Waals surface area (Å²) < 4.78 is 50.3. The van der Waals surface area contributed by atoms with Gasteiger partial charge in [-0.1, -0.05) is 32.0 Å². The lowest BCUT2D eigenvalue weighted by Gasteiger charge is -2.35. The topological polar surface area (TPSA) is 46.1 Å². The van der Waals surface area contributed by atoms with Crippen molar-refractivity contribution in [2.24, 2.45) is 4.99 Å². The zero-order chi connectivity index (χ0) is 22.9. The second kappa shape index (κ2) is 13.6. The van der Waals surface area contributed by atoms with E-state index < -0.39 is 17.2 Å². The number of guanidine groups is 1. The monoisotopic (exact) mass is 571 g/mol. The molecule has 9 heteroatoms. The number of alkyl halides is 3. The molecule has 1 heterocycles. The third-order valence-corrected chi connectivity index (χ3v) is 5.52. The van der Waals surface area contributed by atoms with Crippen LogP contribution in [0.4, 0.5) is 13.2 Å². The van der Waals surface area contributed by atoms with E-state index in [2.05, 4.69) is 10.2 Å². The van der Waals surface area contributed by atoms with E-state index in [1.807, 2.05) is 20.8 Å². The summed E-state index contributed by atoms with van der Waals surface area (Å²) in [5, 5.41) is 3.33. The van der Waals surface area contributed by atoms with Crippen molar-refractivity contribution in [3.63, 3.8) is 0 Å². The van der Waals surface area contributed by atoms with E-state index in [9.17, 15) is 13.2 Å². The van der Waals surface area contributed by atoms with Crippen LogP contribution in [0.2, 0.25) is 0 Å². The van der Waals surface area contributed by atoms with Gasteiger partial charge in [-0.05, 0) is 37.8 Å². The minimum atomic E-state index is -4.35. The van der Waals surface area contributed by atoms with Crippen LogP contribution in [0.3, 0.4) is 0 Å². The van der Waals surface area contributed by atoms with Crippen LogP contribution in [-0.4, -0.2) is 63.5 Å². The van der Waals surface area contributed by atoms with Crippen LogP contribution in [0.15, 0.2) is 29.3 Å². The zero-order valence-electron chi connectivity index (χ0n) is 19.5. The van der Waals surface area contributed by atoms with Crippen molar-refractivity contribution in [2.75, 3.05) is 46.5 Å². The molecule has 32 heavy (non-hydrogen) atoms. The quantitative estimate of drug-likeness (QED) is 0.194. The van der Waals surface area contributed by atoms with Crippen molar-refractivity contribution >= 4 is 29.9 Å². The van der Waals surface area contributed by atoms with Gasteiger partial charge >= 0.3 is 6.18 Å². The van der Waals surface area contributed by atoms with Crippen molar-refractivity contribution < 1.29 is 22.6 Å². The number of aliphatic imine (C=N–C) groups is 1. The minimum absolute atomic E-state index is 0. The molecule has 0 aliphatic carbocycles. The van der Waals surface area contributed by atoms with Crippen LogP contribution >= 0.6 is 24.0 Å². The summed E-state index contributed by atoms with van der Waals surface area (Å²) in [6.07, 6.45) is -1.35. The first-order valence-electron chi connectivity index (χ1n) is 11.0. The fourth-order valence-electron chi connectivity index (χ4n) is 3.59. The van der Waals surface area contributed by atoms with Crippen LogP contribution in [-0.2, 0) is 21.1 Å². The molecule has 1 aromatic carbocycles. The molecule has 2 rings (SSSR count). The zero-order valence-corrected chi connectivity index (χ0v) is 21.8. The van der Waals surface area contributed by atoms with Gasteiger partial charge in [-0.3, -0.25) is 4.99 Å². The van der Waals surface area contributed by atoms with Gasteiger partial charge in [0, 0.05) is 45.4 Å². The van der Waals surface area contributed by atoms with E-state index in [0.29, 0.717) is 25.3 Å². The molecular formula is C23H37F3IN3O2. The molecular weight excluding hydrogens is 534 g/mol. The molecule has 0 atom stereocenters. The molecule has 0 saturated carbocycles. The SMILES string of the molecule is CCNC(=NCC(C)(C)c1cccc(C(F)(F)F)c1)N1CCC(OCCCOC)CC1.I. The third-order valence-electron chi connectivity index (χ3n) is 5.52. The second-order valence-corrected chi connectivity index (χ2v) is 8.54. The van der Waals surface area contributed by atoms with E-state index >= 15 is 0 Å². The molecule has 1 fully saturated rings. The standard InChI is InChI=1S/C23H36F3N3O2.HI/c1-5-27-21(29-12-10-20(11-13-29)31-15-7-14-30-4)28-17-22(2,3)18-8-6-9-19(16-18)23(24,25)26;/h6,8-9,16,20H,5,7,10-15,17H2,1-4H3,(H,27,28);1H. The third kappa shape index (κ3) is 9.05. The summed E-state index contributed by atoms with van der Waals surface area (Å²) in [4.78, 5) is 6.99. The Balaban J connectivity index is 0.00000512.